The lowest BCUT2D eigenvalue weighted by Crippen LogP contribution is -2.31. The van der Waals surface area contributed by atoms with Crippen LogP contribution in [0.5, 0.6) is 11.5 Å². The van der Waals surface area contributed by atoms with Crippen LogP contribution in [-0.2, 0) is 4.74 Å². The standard InChI is InChI=1S/C17H20N2O3/c1-2-21-13-12-18-17(20)19-15-10-6-7-11-16(15)22-14-8-4-3-5-9-14/h3-11H,2,12-13H2,1H3,(H2,18,19,20). The summed E-state index contributed by atoms with van der Waals surface area (Å²) in [6, 6.07) is 16.4. The second-order valence-electron chi connectivity index (χ2n) is 4.49. The van der Waals surface area contributed by atoms with E-state index < -0.39 is 0 Å². The number of amides is 2. The zero-order valence-corrected chi connectivity index (χ0v) is 12.5. The first-order valence-electron chi connectivity index (χ1n) is 7.24. The Labute approximate surface area is 130 Å². The smallest absolute Gasteiger partial charge is 0.319 e. The number of anilines is 1. The average molecular weight is 300 g/mol. The van der Waals surface area contributed by atoms with Gasteiger partial charge in [-0.15, -0.1) is 0 Å². The minimum atomic E-state index is -0.288. The van der Waals surface area contributed by atoms with Crippen LogP contribution in [0.3, 0.4) is 0 Å². The van der Waals surface area contributed by atoms with Crippen LogP contribution in [0.25, 0.3) is 0 Å². The zero-order valence-electron chi connectivity index (χ0n) is 12.5. The molecule has 2 aromatic carbocycles. The van der Waals surface area contributed by atoms with Crippen LogP contribution in [0.4, 0.5) is 10.5 Å². The van der Waals surface area contributed by atoms with Crippen molar-refractivity contribution in [3.63, 3.8) is 0 Å². The van der Waals surface area contributed by atoms with Gasteiger partial charge in [0.2, 0.25) is 0 Å². The molecule has 0 fully saturated rings. The van der Waals surface area contributed by atoms with Crippen LogP contribution >= 0.6 is 0 Å². The highest BCUT2D eigenvalue weighted by atomic mass is 16.5. The minimum absolute atomic E-state index is 0.288. The Kier molecular flexibility index (Phi) is 6.26. The second-order valence-corrected chi connectivity index (χ2v) is 4.49. The minimum Gasteiger partial charge on any atom is -0.455 e. The van der Waals surface area contributed by atoms with E-state index in [2.05, 4.69) is 10.6 Å². The second kappa shape index (κ2) is 8.69. The molecule has 0 bridgehead atoms. The summed E-state index contributed by atoms with van der Waals surface area (Å²) in [6.45, 7) is 3.50. The Hall–Kier alpha value is -2.53. The highest BCUT2D eigenvalue weighted by Crippen LogP contribution is 2.28. The van der Waals surface area contributed by atoms with E-state index in [1.807, 2.05) is 55.5 Å². The van der Waals surface area contributed by atoms with Crippen molar-refractivity contribution in [2.45, 2.75) is 6.92 Å². The molecule has 0 spiro atoms. The molecular weight excluding hydrogens is 280 g/mol. The SMILES string of the molecule is CCOCCNC(=O)Nc1ccccc1Oc1ccccc1. The number of hydrogen-bond donors (Lipinski definition) is 2. The van der Waals surface area contributed by atoms with E-state index >= 15 is 0 Å². The molecule has 0 aliphatic rings. The first-order valence-corrected chi connectivity index (χ1v) is 7.24. The fraction of sp³-hybridized carbons (Fsp3) is 0.235. The lowest BCUT2D eigenvalue weighted by Gasteiger charge is -2.12. The van der Waals surface area contributed by atoms with E-state index in [1.54, 1.807) is 6.07 Å². The highest BCUT2D eigenvalue weighted by Gasteiger charge is 2.07. The molecule has 0 heterocycles. The van der Waals surface area contributed by atoms with E-state index in [0.29, 0.717) is 36.9 Å². The molecule has 2 amide bonds. The predicted molar refractivity (Wildman–Crippen MR) is 86.5 cm³/mol. The van der Waals surface area contributed by atoms with Crippen molar-refractivity contribution >= 4 is 11.7 Å². The van der Waals surface area contributed by atoms with Crippen LogP contribution < -0.4 is 15.4 Å². The first kappa shape index (κ1) is 15.9. The van der Waals surface area contributed by atoms with E-state index in [4.69, 9.17) is 9.47 Å². The topological polar surface area (TPSA) is 59.6 Å². The van der Waals surface area contributed by atoms with Crippen molar-refractivity contribution in [3.8, 4) is 11.5 Å². The quantitative estimate of drug-likeness (QED) is 0.768. The Bertz CT molecular complexity index is 587. The van der Waals surface area contributed by atoms with Gasteiger partial charge in [0.05, 0.1) is 12.3 Å². The maximum Gasteiger partial charge on any atom is 0.319 e. The highest BCUT2D eigenvalue weighted by molar-refractivity contribution is 5.90. The lowest BCUT2D eigenvalue weighted by atomic mass is 10.3. The van der Waals surface area contributed by atoms with Crippen molar-refractivity contribution in [1.82, 2.24) is 5.32 Å². The maximum atomic E-state index is 11.8. The zero-order chi connectivity index (χ0) is 15.6. The fourth-order valence-corrected chi connectivity index (χ4v) is 1.82. The van der Waals surface area contributed by atoms with Gasteiger partial charge in [0.1, 0.15) is 5.75 Å². The molecule has 2 rings (SSSR count). The summed E-state index contributed by atoms with van der Waals surface area (Å²) >= 11 is 0. The molecule has 2 aromatic rings. The summed E-state index contributed by atoms with van der Waals surface area (Å²) in [5, 5.41) is 5.50. The van der Waals surface area contributed by atoms with E-state index in [-0.39, 0.29) is 6.03 Å². The molecule has 5 heteroatoms. The molecule has 22 heavy (non-hydrogen) atoms. The Balaban J connectivity index is 1.95. The van der Waals surface area contributed by atoms with Crippen LogP contribution in [0.1, 0.15) is 6.92 Å². The molecule has 0 aromatic heterocycles. The van der Waals surface area contributed by atoms with Gasteiger partial charge >= 0.3 is 6.03 Å². The third-order valence-electron chi connectivity index (χ3n) is 2.84. The summed E-state index contributed by atoms with van der Waals surface area (Å²) in [5.74, 6) is 1.31. The number of rotatable bonds is 7. The van der Waals surface area contributed by atoms with Crippen molar-refractivity contribution in [1.29, 1.82) is 0 Å². The van der Waals surface area contributed by atoms with E-state index in [0.717, 1.165) is 0 Å². The number of para-hydroxylation sites is 3. The van der Waals surface area contributed by atoms with Gasteiger partial charge in [-0.2, -0.15) is 0 Å². The molecule has 0 unspecified atom stereocenters. The summed E-state index contributed by atoms with van der Waals surface area (Å²) in [4.78, 5) is 11.8. The van der Waals surface area contributed by atoms with Gasteiger partial charge in [-0.05, 0) is 31.2 Å². The van der Waals surface area contributed by atoms with Crippen LogP contribution in [0.15, 0.2) is 54.6 Å². The fourth-order valence-electron chi connectivity index (χ4n) is 1.82. The summed E-state index contributed by atoms with van der Waals surface area (Å²) < 4.78 is 11.0. The Morgan fingerprint density at radius 1 is 1.05 bits per heavy atom. The van der Waals surface area contributed by atoms with Gasteiger partial charge in [0.15, 0.2) is 5.75 Å². The largest absolute Gasteiger partial charge is 0.455 e. The monoisotopic (exact) mass is 300 g/mol. The summed E-state index contributed by atoms with van der Waals surface area (Å²) in [7, 11) is 0. The molecule has 2 N–H and O–H groups in total. The van der Waals surface area contributed by atoms with E-state index in [1.165, 1.54) is 0 Å². The first-order chi connectivity index (χ1) is 10.8. The number of carbonyl (C=O) groups excluding carboxylic acids is 1. The van der Waals surface area contributed by atoms with Gasteiger partial charge in [0, 0.05) is 13.2 Å². The lowest BCUT2D eigenvalue weighted by molar-refractivity contribution is 0.150. The van der Waals surface area contributed by atoms with Crippen LogP contribution in [0, 0.1) is 0 Å². The third-order valence-corrected chi connectivity index (χ3v) is 2.84. The molecule has 0 atom stereocenters. The summed E-state index contributed by atoms with van der Waals surface area (Å²) in [6.07, 6.45) is 0. The van der Waals surface area contributed by atoms with Gasteiger partial charge in [-0.25, -0.2) is 4.79 Å². The number of nitrogens with one attached hydrogen (secondary N) is 2. The number of hydrogen-bond acceptors (Lipinski definition) is 3. The molecule has 116 valence electrons. The van der Waals surface area contributed by atoms with E-state index in [9.17, 15) is 4.79 Å². The van der Waals surface area contributed by atoms with Crippen molar-refractivity contribution < 1.29 is 14.3 Å². The third kappa shape index (κ3) is 5.10. The summed E-state index contributed by atoms with van der Waals surface area (Å²) in [5.41, 5.74) is 0.611. The Morgan fingerprint density at radius 3 is 2.55 bits per heavy atom. The van der Waals surface area contributed by atoms with Crippen LogP contribution in [-0.4, -0.2) is 25.8 Å². The number of urea groups is 1. The molecule has 0 aliphatic heterocycles. The number of ether oxygens (including phenoxy) is 2. The molecule has 5 nitrogen and oxygen atoms in total. The Morgan fingerprint density at radius 2 is 1.77 bits per heavy atom. The van der Waals surface area contributed by atoms with Gasteiger partial charge in [-0.1, -0.05) is 30.3 Å². The van der Waals surface area contributed by atoms with Gasteiger partial charge < -0.3 is 20.1 Å². The normalized spacial score (nSPS) is 10.0. The predicted octanol–water partition coefficient (Wildman–Crippen LogP) is 3.64. The number of benzene rings is 2. The maximum absolute atomic E-state index is 11.8. The van der Waals surface area contributed by atoms with Gasteiger partial charge in [-0.3, -0.25) is 0 Å². The van der Waals surface area contributed by atoms with Gasteiger partial charge in [0.25, 0.3) is 0 Å². The van der Waals surface area contributed by atoms with Crippen molar-refractivity contribution in [2.24, 2.45) is 0 Å². The number of carbonyl (C=O) groups is 1. The van der Waals surface area contributed by atoms with Crippen molar-refractivity contribution in [3.05, 3.63) is 54.6 Å². The molecule has 0 saturated carbocycles. The van der Waals surface area contributed by atoms with Crippen molar-refractivity contribution in [2.75, 3.05) is 25.1 Å². The molecular formula is C17H20N2O3. The molecule has 0 aliphatic carbocycles. The molecule has 0 saturated heterocycles. The van der Waals surface area contributed by atoms with Crippen LogP contribution in [0.2, 0.25) is 0 Å². The molecule has 0 radical (unpaired) electrons. The average Bonchev–Trinajstić information content (AvgIpc) is 2.54.